The number of halogens is 1. The Labute approximate surface area is 231 Å². The van der Waals surface area contributed by atoms with Crippen molar-refractivity contribution in [3.63, 3.8) is 0 Å². The number of hydrogen-bond acceptors (Lipinski definition) is 4. The minimum Gasteiger partial charge on any atom is -0.365 e. The molecule has 3 atom stereocenters. The van der Waals surface area contributed by atoms with Crippen molar-refractivity contribution in [2.45, 2.75) is 56.2 Å². The quantitative estimate of drug-likeness (QED) is 0.252. The van der Waals surface area contributed by atoms with Gasteiger partial charge in [-0.2, -0.15) is 9.83 Å². The summed E-state index contributed by atoms with van der Waals surface area (Å²) in [5.41, 5.74) is 0.0690. The minimum absolute atomic E-state index is 0.260. The topological polar surface area (TPSA) is 59.9 Å². The molecule has 5 aliphatic rings. The molecular weight excluding hydrogens is 542 g/mol. The lowest BCUT2D eigenvalue weighted by atomic mass is 9.45. The molecule has 188 valence electrons. The Morgan fingerprint density at radius 2 is 1.65 bits per heavy atom. The molecule has 4 saturated carbocycles. The molecule has 0 radical (unpaired) electrons. The molecule has 2 N–H and O–H groups in total. The lowest BCUT2D eigenvalue weighted by Gasteiger charge is -2.63. The van der Waals surface area contributed by atoms with Crippen LogP contribution in [0.1, 0.15) is 56.0 Å². The lowest BCUT2D eigenvalue weighted by molar-refractivity contribution is -0.744. The van der Waals surface area contributed by atoms with Gasteiger partial charge in [-0.25, -0.2) is 0 Å². The van der Waals surface area contributed by atoms with Crippen molar-refractivity contribution in [1.82, 2.24) is 5.32 Å². The zero-order valence-corrected chi connectivity index (χ0v) is 23.1. The molecule has 1 aromatic heterocycles. The molecule has 0 saturated heterocycles. The first-order valence-electron chi connectivity index (χ1n) is 13.4. The van der Waals surface area contributed by atoms with Crippen LogP contribution in [0.5, 0.6) is 0 Å². The van der Waals surface area contributed by atoms with Gasteiger partial charge in [0, 0.05) is 21.3 Å². The van der Waals surface area contributed by atoms with Gasteiger partial charge in [0.15, 0.2) is 12.4 Å². The van der Waals surface area contributed by atoms with Crippen LogP contribution >= 0.6 is 28.6 Å². The summed E-state index contributed by atoms with van der Waals surface area (Å²) in [6, 6.07) is 20.7. The SMILES string of the molecule is N#CC1=C(S)NC(O)(C23CC4CC(CC(C4)C2)C3)C([n+]2ccc3ccccc3c2)C1c1cccc(Br)c1. The predicted molar refractivity (Wildman–Crippen MR) is 150 cm³/mol. The molecule has 8 rings (SSSR count). The van der Waals surface area contributed by atoms with Crippen LogP contribution in [0.3, 0.4) is 0 Å². The van der Waals surface area contributed by atoms with E-state index in [9.17, 15) is 10.4 Å². The van der Waals surface area contributed by atoms with E-state index in [1.807, 2.05) is 12.1 Å². The Balaban J connectivity index is 1.48. The van der Waals surface area contributed by atoms with Gasteiger partial charge < -0.3 is 10.4 Å². The molecule has 3 aromatic rings. The molecule has 3 unspecified atom stereocenters. The molecule has 0 amide bonds. The fraction of sp³-hybridized carbons (Fsp3) is 0.419. The smallest absolute Gasteiger partial charge is 0.217 e. The second kappa shape index (κ2) is 8.59. The van der Waals surface area contributed by atoms with Crippen molar-refractivity contribution < 1.29 is 9.67 Å². The Bertz CT molecular complexity index is 1440. The highest BCUT2D eigenvalue weighted by molar-refractivity contribution is 9.10. The van der Waals surface area contributed by atoms with Gasteiger partial charge in [0.05, 0.1) is 22.6 Å². The zero-order valence-electron chi connectivity index (χ0n) is 20.6. The summed E-state index contributed by atoms with van der Waals surface area (Å²) in [5, 5.41) is 29.9. The van der Waals surface area contributed by atoms with Crippen LogP contribution in [-0.2, 0) is 0 Å². The van der Waals surface area contributed by atoms with Crippen LogP contribution in [0.2, 0.25) is 0 Å². The van der Waals surface area contributed by atoms with E-state index >= 15 is 0 Å². The maximum Gasteiger partial charge on any atom is 0.217 e. The highest BCUT2D eigenvalue weighted by Gasteiger charge is 2.68. The molecule has 1 aliphatic heterocycles. The fourth-order valence-corrected chi connectivity index (χ4v) is 9.55. The van der Waals surface area contributed by atoms with E-state index in [4.69, 9.17) is 12.6 Å². The van der Waals surface area contributed by atoms with Crippen molar-refractivity contribution in [2.24, 2.45) is 23.2 Å². The van der Waals surface area contributed by atoms with E-state index in [0.29, 0.717) is 28.4 Å². The van der Waals surface area contributed by atoms with Gasteiger partial charge in [0.1, 0.15) is 0 Å². The van der Waals surface area contributed by atoms with Gasteiger partial charge in [-0.1, -0.05) is 46.3 Å². The van der Waals surface area contributed by atoms with E-state index in [1.54, 1.807) is 0 Å². The Morgan fingerprint density at radius 3 is 2.30 bits per heavy atom. The van der Waals surface area contributed by atoms with E-state index < -0.39 is 11.8 Å². The number of fused-ring (bicyclic) bond motifs is 1. The lowest BCUT2D eigenvalue weighted by Crippen LogP contribution is -2.73. The molecule has 2 aromatic carbocycles. The molecule has 6 heteroatoms. The molecular formula is C31H31BrN3OS+. The van der Waals surface area contributed by atoms with Gasteiger partial charge >= 0.3 is 0 Å². The number of aromatic nitrogens is 1. The summed E-state index contributed by atoms with van der Waals surface area (Å²) >= 11 is 8.48. The molecule has 4 nitrogen and oxygen atoms in total. The summed E-state index contributed by atoms with van der Waals surface area (Å²) in [6.45, 7) is 0. The van der Waals surface area contributed by atoms with E-state index in [0.717, 1.165) is 40.1 Å². The first-order chi connectivity index (χ1) is 17.9. The number of allylic oxidation sites excluding steroid dienone is 1. The van der Waals surface area contributed by atoms with Crippen LogP contribution in [0, 0.1) is 34.5 Å². The van der Waals surface area contributed by atoms with Gasteiger partial charge in [-0.05, 0) is 85.4 Å². The maximum absolute atomic E-state index is 13.2. The molecule has 2 heterocycles. The first-order valence-corrected chi connectivity index (χ1v) is 14.6. The third kappa shape index (κ3) is 3.61. The van der Waals surface area contributed by atoms with Crippen molar-refractivity contribution >= 4 is 39.3 Å². The Hall–Kier alpha value is -2.33. The van der Waals surface area contributed by atoms with Crippen LogP contribution in [0.25, 0.3) is 10.8 Å². The van der Waals surface area contributed by atoms with Gasteiger partial charge in [-0.3, -0.25) is 0 Å². The number of aliphatic hydroxyl groups is 1. The molecule has 4 aliphatic carbocycles. The number of nitrogens with zero attached hydrogens (tertiary/aromatic N) is 2. The van der Waals surface area contributed by atoms with Crippen LogP contribution in [-0.4, -0.2) is 10.8 Å². The summed E-state index contributed by atoms with van der Waals surface area (Å²) in [4.78, 5) is 0. The molecule has 0 spiro atoms. The van der Waals surface area contributed by atoms with Crippen molar-refractivity contribution in [3.05, 3.63) is 87.6 Å². The highest BCUT2D eigenvalue weighted by atomic mass is 79.9. The van der Waals surface area contributed by atoms with Crippen molar-refractivity contribution in [3.8, 4) is 6.07 Å². The monoisotopic (exact) mass is 572 g/mol. The fourth-order valence-electron chi connectivity index (χ4n) is 8.77. The number of pyridine rings is 1. The van der Waals surface area contributed by atoms with Crippen LogP contribution in [0.15, 0.2) is 82.1 Å². The predicted octanol–water partition coefficient (Wildman–Crippen LogP) is 6.39. The largest absolute Gasteiger partial charge is 0.365 e. The maximum atomic E-state index is 13.2. The van der Waals surface area contributed by atoms with Gasteiger partial charge in [0.2, 0.25) is 11.8 Å². The Kier molecular flexibility index (Phi) is 5.52. The molecule has 4 fully saturated rings. The number of nitriles is 1. The van der Waals surface area contributed by atoms with E-state index in [2.05, 4.69) is 86.7 Å². The average Bonchev–Trinajstić information content (AvgIpc) is 2.87. The number of hydrogen-bond donors (Lipinski definition) is 3. The third-order valence-electron chi connectivity index (χ3n) is 9.83. The summed E-state index contributed by atoms with van der Waals surface area (Å²) < 4.78 is 3.14. The zero-order chi connectivity index (χ0) is 25.4. The number of thiol groups is 1. The van der Waals surface area contributed by atoms with E-state index in [-0.39, 0.29) is 11.3 Å². The highest BCUT2D eigenvalue weighted by Crippen LogP contribution is 2.66. The number of nitrogens with one attached hydrogen (secondary N) is 1. The Morgan fingerprint density at radius 1 is 0.973 bits per heavy atom. The summed E-state index contributed by atoms with van der Waals surface area (Å²) in [7, 11) is 0. The van der Waals surface area contributed by atoms with Gasteiger partial charge in [0.25, 0.3) is 0 Å². The van der Waals surface area contributed by atoms with Gasteiger partial charge in [-0.15, -0.1) is 12.6 Å². The van der Waals surface area contributed by atoms with Crippen molar-refractivity contribution in [2.75, 3.05) is 0 Å². The molecule has 4 bridgehead atoms. The first kappa shape index (κ1) is 23.8. The molecule has 37 heavy (non-hydrogen) atoms. The second-order valence-electron chi connectivity index (χ2n) is 12.0. The standard InChI is InChI=1S/C31H30BrN3OS/c32-25-7-3-6-23(13-25)27-26(17-33)29(37)34-31(36,30-14-19-10-20(15-30)12-21(11-19)16-30)28(27)35-9-8-22-4-1-2-5-24(22)18-35/h1-9,13,18-21,27-28,34,36H,10-12,14-16H2/p+1. The number of rotatable bonds is 3. The van der Waals surface area contributed by atoms with Crippen LogP contribution in [0.4, 0.5) is 0 Å². The number of benzene rings is 2. The third-order valence-corrected chi connectivity index (χ3v) is 10.7. The van der Waals surface area contributed by atoms with Crippen LogP contribution < -0.4 is 9.88 Å². The summed E-state index contributed by atoms with van der Waals surface area (Å²) in [6.07, 6.45) is 11.2. The van der Waals surface area contributed by atoms with E-state index in [1.165, 1.54) is 19.3 Å². The normalized spacial score (nSPS) is 36.4. The van der Waals surface area contributed by atoms with Crippen molar-refractivity contribution in [1.29, 1.82) is 5.26 Å². The average molecular weight is 574 g/mol. The second-order valence-corrected chi connectivity index (χ2v) is 13.3. The summed E-state index contributed by atoms with van der Waals surface area (Å²) in [5.74, 6) is 1.68. The minimum atomic E-state index is -1.25.